The van der Waals surface area contributed by atoms with Gasteiger partial charge in [0.1, 0.15) is 11.4 Å². The minimum atomic E-state index is -0.217. The van der Waals surface area contributed by atoms with E-state index in [2.05, 4.69) is 38.2 Å². The molecule has 0 saturated heterocycles. The molecule has 0 aromatic heterocycles. The largest absolute Gasteiger partial charge is 0.486 e. The zero-order chi connectivity index (χ0) is 13.2. The van der Waals surface area contributed by atoms with Crippen molar-refractivity contribution in [1.29, 1.82) is 0 Å². The molecule has 0 bridgehead atoms. The fourth-order valence-electron chi connectivity index (χ4n) is 2.54. The lowest BCUT2D eigenvalue weighted by molar-refractivity contribution is 0.0786. The molecule has 1 aliphatic rings. The van der Waals surface area contributed by atoms with Gasteiger partial charge in [0, 0.05) is 18.7 Å². The Morgan fingerprint density at radius 2 is 2.11 bits per heavy atom. The van der Waals surface area contributed by atoms with Crippen LogP contribution in [0.1, 0.15) is 38.8 Å². The van der Waals surface area contributed by atoms with Crippen molar-refractivity contribution in [2.45, 2.75) is 44.9 Å². The van der Waals surface area contributed by atoms with Crippen molar-refractivity contribution in [2.75, 3.05) is 13.7 Å². The summed E-state index contributed by atoms with van der Waals surface area (Å²) in [7, 11) is 1.74. The molecule has 3 heteroatoms. The minimum Gasteiger partial charge on any atom is -0.486 e. The summed E-state index contributed by atoms with van der Waals surface area (Å²) in [6, 6.07) is 8.83. The van der Waals surface area contributed by atoms with Crippen LogP contribution in [0.2, 0.25) is 0 Å². The maximum Gasteiger partial charge on any atom is 0.125 e. The van der Waals surface area contributed by atoms with Crippen molar-refractivity contribution in [3.63, 3.8) is 0 Å². The van der Waals surface area contributed by atoms with E-state index in [0.717, 1.165) is 18.8 Å². The summed E-state index contributed by atoms with van der Waals surface area (Å²) in [4.78, 5) is 0. The molecule has 18 heavy (non-hydrogen) atoms. The van der Waals surface area contributed by atoms with Gasteiger partial charge in [-0.3, -0.25) is 0 Å². The van der Waals surface area contributed by atoms with E-state index in [1.807, 2.05) is 12.1 Å². The van der Waals surface area contributed by atoms with E-state index in [0.29, 0.717) is 6.04 Å². The van der Waals surface area contributed by atoms with Crippen LogP contribution in [0.3, 0.4) is 0 Å². The van der Waals surface area contributed by atoms with Gasteiger partial charge in [-0.05, 0) is 26.3 Å². The number of fused-ring (bicyclic) bond motifs is 1. The van der Waals surface area contributed by atoms with Gasteiger partial charge in [0.05, 0.1) is 12.6 Å². The molecule has 1 aromatic rings. The number of nitrogens with one attached hydrogen (secondary N) is 1. The van der Waals surface area contributed by atoms with Crippen LogP contribution in [0.25, 0.3) is 0 Å². The van der Waals surface area contributed by atoms with Crippen molar-refractivity contribution in [2.24, 2.45) is 0 Å². The molecule has 2 rings (SSSR count). The Labute approximate surface area is 109 Å². The van der Waals surface area contributed by atoms with Crippen LogP contribution in [0, 0.1) is 0 Å². The Bertz CT molecular complexity index is 403. The first-order valence-corrected chi connectivity index (χ1v) is 6.61. The van der Waals surface area contributed by atoms with Gasteiger partial charge in [-0.25, -0.2) is 0 Å². The molecule has 100 valence electrons. The third-order valence-corrected chi connectivity index (χ3v) is 3.56. The van der Waals surface area contributed by atoms with Crippen molar-refractivity contribution in [1.82, 2.24) is 5.32 Å². The number of rotatable bonds is 5. The first kappa shape index (κ1) is 13.4. The van der Waals surface area contributed by atoms with E-state index in [1.165, 1.54) is 5.56 Å². The average Bonchev–Trinajstić information content (AvgIpc) is 2.59. The minimum absolute atomic E-state index is 0.216. The topological polar surface area (TPSA) is 30.5 Å². The van der Waals surface area contributed by atoms with Crippen LogP contribution < -0.4 is 10.1 Å². The van der Waals surface area contributed by atoms with Gasteiger partial charge in [-0.15, -0.1) is 0 Å². The van der Waals surface area contributed by atoms with E-state index in [1.54, 1.807) is 7.11 Å². The number of para-hydroxylation sites is 1. The summed E-state index contributed by atoms with van der Waals surface area (Å²) >= 11 is 0. The SMILES string of the molecule is CCC(COC)NC1c2ccccc2OC1(C)C. The van der Waals surface area contributed by atoms with Crippen LogP contribution in [0.15, 0.2) is 24.3 Å². The number of ether oxygens (including phenoxy) is 2. The van der Waals surface area contributed by atoms with Crippen molar-refractivity contribution in [3.8, 4) is 5.75 Å². The molecule has 0 radical (unpaired) electrons. The van der Waals surface area contributed by atoms with Crippen LogP contribution in [0.4, 0.5) is 0 Å². The van der Waals surface area contributed by atoms with Gasteiger partial charge >= 0.3 is 0 Å². The maximum absolute atomic E-state index is 6.03. The van der Waals surface area contributed by atoms with Crippen molar-refractivity contribution >= 4 is 0 Å². The molecule has 3 nitrogen and oxygen atoms in total. The zero-order valence-electron chi connectivity index (χ0n) is 11.7. The molecule has 2 unspecified atom stereocenters. The molecule has 1 heterocycles. The summed E-state index contributed by atoms with van der Waals surface area (Å²) in [5.74, 6) is 0.993. The molecule has 0 fully saturated rings. The summed E-state index contributed by atoms with van der Waals surface area (Å²) < 4.78 is 11.3. The normalized spacial score (nSPS) is 22.3. The van der Waals surface area contributed by atoms with Gasteiger partial charge in [0.25, 0.3) is 0 Å². The number of methoxy groups -OCH3 is 1. The lowest BCUT2D eigenvalue weighted by Crippen LogP contribution is -2.45. The Kier molecular flexibility index (Phi) is 3.93. The predicted octanol–water partition coefficient (Wildman–Crippen LogP) is 2.91. The Morgan fingerprint density at radius 3 is 2.78 bits per heavy atom. The summed E-state index contributed by atoms with van der Waals surface area (Å²) in [5, 5.41) is 3.66. The second kappa shape index (κ2) is 5.29. The number of benzene rings is 1. The standard InChI is InChI=1S/C15H23NO2/c1-5-11(10-17-4)16-14-12-8-6-7-9-13(12)18-15(14,2)3/h6-9,11,14,16H,5,10H2,1-4H3. The summed E-state index contributed by atoms with van der Waals surface area (Å²) in [6.07, 6.45) is 1.04. The molecule has 2 atom stereocenters. The van der Waals surface area contributed by atoms with Gasteiger partial charge in [0.15, 0.2) is 0 Å². The molecule has 0 aliphatic carbocycles. The predicted molar refractivity (Wildman–Crippen MR) is 73.0 cm³/mol. The van der Waals surface area contributed by atoms with Gasteiger partial charge < -0.3 is 14.8 Å². The van der Waals surface area contributed by atoms with Crippen molar-refractivity contribution in [3.05, 3.63) is 29.8 Å². The highest BCUT2D eigenvalue weighted by molar-refractivity contribution is 5.42. The molecule has 0 spiro atoms. The average molecular weight is 249 g/mol. The zero-order valence-corrected chi connectivity index (χ0v) is 11.7. The van der Waals surface area contributed by atoms with Gasteiger partial charge in [-0.1, -0.05) is 25.1 Å². The first-order chi connectivity index (χ1) is 8.58. The lowest BCUT2D eigenvalue weighted by atomic mass is 9.93. The van der Waals surface area contributed by atoms with Crippen molar-refractivity contribution < 1.29 is 9.47 Å². The van der Waals surface area contributed by atoms with Crippen LogP contribution in [0.5, 0.6) is 5.75 Å². The molecule has 0 saturated carbocycles. The van der Waals surface area contributed by atoms with E-state index < -0.39 is 0 Å². The van der Waals surface area contributed by atoms with E-state index in [-0.39, 0.29) is 11.6 Å². The lowest BCUT2D eigenvalue weighted by Gasteiger charge is -2.30. The van der Waals surface area contributed by atoms with E-state index in [9.17, 15) is 0 Å². The van der Waals surface area contributed by atoms with E-state index >= 15 is 0 Å². The van der Waals surface area contributed by atoms with E-state index in [4.69, 9.17) is 9.47 Å². The first-order valence-electron chi connectivity index (χ1n) is 6.61. The molecular weight excluding hydrogens is 226 g/mol. The third-order valence-electron chi connectivity index (χ3n) is 3.56. The fraction of sp³-hybridized carbons (Fsp3) is 0.600. The second-order valence-corrected chi connectivity index (χ2v) is 5.40. The Morgan fingerprint density at radius 1 is 1.39 bits per heavy atom. The fourth-order valence-corrected chi connectivity index (χ4v) is 2.54. The molecule has 1 N–H and O–H groups in total. The third kappa shape index (κ3) is 2.52. The number of hydrogen-bond acceptors (Lipinski definition) is 3. The maximum atomic E-state index is 6.03. The van der Waals surface area contributed by atoms with Gasteiger partial charge in [0.2, 0.25) is 0 Å². The smallest absolute Gasteiger partial charge is 0.125 e. The number of hydrogen-bond donors (Lipinski definition) is 1. The molecule has 1 aromatic carbocycles. The molecule has 1 aliphatic heterocycles. The van der Waals surface area contributed by atoms with Crippen LogP contribution >= 0.6 is 0 Å². The molecular formula is C15H23NO2. The summed E-state index contributed by atoms with van der Waals surface area (Å²) in [5.41, 5.74) is 1.03. The Balaban J connectivity index is 2.20. The summed E-state index contributed by atoms with van der Waals surface area (Å²) in [6.45, 7) is 7.16. The Hall–Kier alpha value is -1.06. The highest BCUT2D eigenvalue weighted by atomic mass is 16.5. The highest BCUT2D eigenvalue weighted by Gasteiger charge is 2.41. The second-order valence-electron chi connectivity index (χ2n) is 5.40. The van der Waals surface area contributed by atoms with Crippen LogP contribution in [-0.2, 0) is 4.74 Å². The monoisotopic (exact) mass is 249 g/mol. The van der Waals surface area contributed by atoms with Gasteiger partial charge in [-0.2, -0.15) is 0 Å². The molecule has 0 amide bonds. The quantitative estimate of drug-likeness (QED) is 0.870. The van der Waals surface area contributed by atoms with Crippen LogP contribution in [-0.4, -0.2) is 25.4 Å². The highest BCUT2D eigenvalue weighted by Crippen LogP contribution is 2.42.